The van der Waals surface area contributed by atoms with Crippen LogP contribution in [0.3, 0.4) is 0 Å². The second-order valence-corrected chi connectivity index (χ2v) is 7.74. The van der Waals surface area contributed by atoms with Gasteiger partial charge >= 0.3 is 0 Å². The number of halogens is 1. The average Bonchev–Trinajstić information content (AvgIpc) is 2.13. The Kier molecular flexibility index (Phi) is 4.07. The highest BCUT2D eigenvalue weighted by molar-refractivity contribution is 6.20. The smallest absolute Gasteiger partial charge is 0.123 e. The van der Waals surface area contributed by atoms with Crippen molar-refractivity contribution in [1.82, 2.24) is 0 Å². The summed E-state index contributed by atoms with van der Waals surface area (Å²) in [5, 5.41) is 10.5. The largest absolute Gasteiger partial charge is 0.507 e. The van der Waals surface area contributed by atoms with Gasteiger partial charge in [0.25, 0.3) is 0 Å². The van der Waals surface area contributed by atoms with Crippen molar-refractivity contribution in [3.63, 3.8) is 0 Å². The number of benzene rings is 1. The lowest BCUT2D eigenvalue weighted by Gasteiger charge is -2.28. The van der Waals surface area contributed by atoms with E-state index in [4.69, 9.17) is 11.6 Å². The molecule has 1 N–H and O–H groups in total. The standard InChI is InChI=1S/C16H25ClO/c1-10(17)11-8-12(15(2,3)4)14(18)13(9-11)16(5,6)7/h8-10,18H,1-7H3. The van der Waals surface area contributed by atoms with Gasteiger partial charge in [-0.15, -0.1) is 11.6 Å². The first kappa shape index (κ1) is 15.4. The summed E-state index contributed by atoms with van der Waals surface area (Å²) >= 11 is 6.22. The van der Waals surface area contributed by atoms with Crippen molar-refractivity contribution in [2.24, 2.45) is 0 Å². The predicted molar refractivity (Wildman–Crippen MR) is 79.8 cm³/mol. The van der Waals surface area contributed by atoms with Crippen LogP contribution in [0.25, 0.3) is 0 Å². The van der Waals surface area contributed by atoms with Crippen molar-refractivity contribution < 1.29 is 5.11 Å². The zero-order valence-electron chi connectivity index (χ0n) is 12.6. The van der Waals surface area contributed by atoms with Crippen molar-refractivity contribution in [1.29, 1.82) is 0 Å². The summed E-state index contributed by atoms with van der Waals surface area (Å²) in [7, 11) is 0. The fraction of sp³-hybridized carbons (Fsp3) is 0.625. The van der Waals surface area contributed by atoms with Crippen molar-refractivity contribution in [3.8, 4) is 5.75 Å². The molecule has 0 aliphatic heterocycles. The molecule has 0 amide bonds. The van der Waals surface area contributed by atoms with Gasteiger partial charge < -0.3 is 5.11 Å². The number of phenols is 1. The molecule has 1 unspecified atom stereocenters. The molecule has 0 radical (unpaired) electrons. The highest BCUT2D eigenvalue weighted by atomic mass is 35.5. The number of phenolic OH excluding ortho intramolecular Hbond substituents is 1. The van der Waals surface area contributed by atoms with E-state index in [-0.39, 0.29) is 16.2 Å². The van der Waals surface area contributed by atoms with Gasteiger partial charge in [-0.2, -0.15) is 0 Å². The van der Waals surface area contributed by atoms with Crippen LogP contribution in [0.4, 0.5) is 0 Å². The van der Waals surface area contributed by atoms with E-state index < -0.39 is 0 Å². The third kappa shape index (κ3) is 3.20. The molecule has 0 saturated carbocycles. The maximum atomic E-state index is 10.5. The second-order valence-electron chi connectivity index (χ2n) is 7.08. The Morgan fingerprint density at radius 1 is 0.944 bits per heavy atom. The molecule has 0 aliphatic rings. The Balaban J connectivity index is 3.59. The van der Waals surface area contributed by atoms with Gasteiger partial charge in [0.2, 0.25) is 0 Å². The summed E-state index contributed by atoms with van der Waals surface area (Å²) in [5.74, 6) is 0.413. The normalized spacial score (nSPS) is 14.7. The lowest BCUT2D eigenvalue weighted by Crippen LogP contribution is -2.18. The topological polar surface area (TPSA) is 20.2 Å². The van der Waals surface area contributed by atoms with Gasteiger partial charge in [-0.3, -0.25) is 0 Å². The Bertz CT molecular complexity index is 398. The number of rotatable bonds is 1. The van der Waals surface area contributed by atoms with Crippen LogP contribution in [0.15, 0.2) is 12.1 Å². The zero-order chi connectivity index (χ0) is 14.3. The van der Waals surface area contributed by atoms with Crippen LogP contribution in [0, 0.1) is 0 Å². The summed E-state index contributed by atoms with van der Waals surface area (Å²) in [5.41, 5.74) is 2.83. The Morgan fingerprint density at radius 3 is 1.50 bits per heavy atom. The highest BCUT2D eigenvalue weighted by Gasteiger charge is 2.27. The summed E-state index contributed by atoms with van der Waals surface area (Å²) in [6, 6.07) is 4.06. The lowest BCUT2D eigenvalue weighted by molar-refractivity contribution is 0.422. The first-order valence-electron chi connectivity index (χ1n) is 6.46. The molecule has 1 atom stereocenters. The maximum Gasteiger partial charge on any atom is 0.123 e. The number of hydrogen-bond acceptors (Lipinski definition) is 1. The SMILES string of the molecule is CC(Cl)c1cc(C(C)(C)C)c(O)c(C(C)(C)C)c1. The van der Waals surface area contributed by atoms with Gasteiger partial charge in [0.15, 0.2) is 0 Å². The predicted octanol–water partition coefficient (Wildman–Crippen LogP) is 5.29. The summed E-state index contributed by atoms with van der Waals surface area (Å²) in [6.45, 7) is 14.6. The molecule has 0 spiro atoms. The second kappa shape index (κ2) is 4.77. The van der Waals surface area contributed by atoms with Gasteiger partial charge in [-0.05, 0) is 34.4 Å². The summed E-state index contributed by atoms with van der Waals surface area (Å²) < 4.78 is 0. The van der Waals surface area contributed by atoms with E-state index in [0.717, 1.165) is 16.7 Å². The van der Waals surface area contributed by atoms with Crippen LogP contribution in [0.2, 0.25) is 0 Å². The van der Waals surface area contributed by atoms with Crippen molar-refractivity contribution in [2.75, 3.05) is 0 Å². The Labute approximate surface area is 116 Å². The van der Waals surface area contributed by atoms with E-state index in [9.17, 15) is 5.11 Å². The fourth-order valence-electron chi connectivity index (χ4n) is 2.03. The third-order valence-electron chi connectivity index (χ3n) is 3.21. The molecule has 1 aromatic carbocycles. The van der Waals surface area contributed by atoms with Crippen molar-refractivity contribution in [3.05, 3.63) is 28.8 Å². The minimum atomic E-state index is -0.0914. The molecule has 0 fully saturated rings. The van der Waals surface area contributed by atoms with E-state index in [1.807, 2.05) is 19.1 Å². The quantitative estimate of drug-likeness (QED) is 0.687. The van der Waals surface area contributed by atoms with Crippen molar-refractivity contribution in [2.45, 2.75) is 64.7 Å². The zero-order valence-corrected chi connectivity index (χ0v) is 13.3. The molecule has 0 bridgehead atoms. The Morgan fingerprint density at radius 2 is 1.28 bits per heavy atom. The Hall–Kier alpha value is -0.690. The summed E-state index contributed by atoms with van der Waals surface area (Å²) in [6.07, 6.45) is 0. The highest BCUT2D eigenvalue weighted by Crippen LogP contribution is 2.41. The van der Waals surface area contributed by atoms with Crippen LogP contribution in [-0.2, 0) is 10.8 Å². The molecule has 1 rings (SSSR count). The third-order valence-corrected chi connectivity index (χ3v) is 3.46. The van der Waals surface area contributed by atoms with Gasteiger partial charge in [0, 0.05) is 0 Å². The summed E-state index contributed by atoms with van der Waals surface area (Å²) in [4.78, 5) is 0. The first-order chi connectivity index (χ1) is 7.94. The molecular weight excluding hydrogens is 244 g/mol. The molecule has 0 heterocycles. The molecule has 18 heavy (non-hydrogen) atoms. The van der Waals surface area contributed by atoms with Crippen LogP contribution >= 0.6 is 11.6 Å². The molecular formula is C16H25ClO. The minimum Gasteiger partial charge on any atom is -0.507 e. The van der Waals surface area contributed by atoms with Gasteiger partial charge in [-0.25, -0.2) is 0 Å². The number of hydrogen-bond donors (Lipinski definition) is 1. The molecule has 0 aromatic heterocycles. The minimum absolute atomic E-state index is 0.0483. The maximum absolute atomic E-state index is 10.5. The molecule has 102 valence electrons. The van der Waals surface area contributed by atoms with E-state index in [1.165, 1.54) is 0 Å². The van der Waals surface area contributed by atoms with Gasteiger partial charge in [0.05, 0.1) is 5.38 Å². The molecule has 1 aromatic rings. The molecule has 1 nitrogen and oxygen atoms in total. The molecule has 2 heteroatoms. The van der Waals surface area contributed by atoms with E-state index in [1.54, 1.807) is 0 Å². The van der Waals surface area contributed by atoms with Crippen LogP contribution < -0.4 is 0 Å². The lowest BCUT2D eigenvalue weighted by atomic mass is 9.78. The van der Waals surface area contributed by atoms with Crippen LogP contribution in [-0.4, -0.2) is 5.11 Å². The molecule has 0 saturated heterocycles. The molecule has 0 aliphatic carbocycles. The van der Waals surface area contributed by atoms with E-state index >= 15 is 0 Å². The van der Waals surface area contributed by atoms with E-state index in [0.29, 0.717) is 5.75 Å². The van der Waals surface area contributed by atoms with Crippen LogP contribution in [0.5, 0.6) is 5.75 Å². The number of alkyl halides is 1. The van der Waals surface area contributed by atoms with Crippen LogP contribution in [0.1, 0.15) is 70.5 Å². The number of aromatic hydroxyl groups is 1. The van der Waals surface area contributed by atoms with E-state index in [2.05, 4.69) is 41.5 Å². The van der Waals surface area contributed by atoms with Gasteiger partial charge in [-0.1, -0.05) is 53.7 Å². The first-order valence-corrected chi connectivity index (χ1v) is 6.90. The fourth-order valence-corrected chi connectivity index (χ4v) is 2.16. The monoisotopic (exact) mass is 268 g/mol. The van der Waals surface area contributed by atoms with Gasteiger partial charge in [0.1, 0.15) is 5.75 Å². The van der Waals surface area contributed by atoms with Crippen molar-refractivity contribution >= 4 is 11.6 Å². The average molecular weight is 269 g/mol.